The number of aromatic nitrogens is 3. The molecule has 5 atom stereocenters. The van der Waals surface area contributed by atoms with Gasteiger partial charge in [-0.15, -0.1) is 0 Å². The van der Waals surface area contributed by atoms with Gasteiger partial charge in [0, 0.05) is 36.2 Å². The van der Waals surface area contributed by atoms with Gasteiger partial charge in [0.15, 0.2) is 0 Å². The third-order valence-corrected chi connectivity index (χ3v) is 6.15. The molecule has 1 aliphatic carbocycles. The average molecular weight is 410 g/mol. The molecule has 2 aliphatic rings. The molecular formula is C22H26N4O4. The lowest BCUT2D eigenvalue weighted by atomic mass is 10.1. The van der Waals surface area contributed by atoms with Crippen LogP contribution in [0.2, 0.25) is 0 Å². The van der Waals surface area contributed by atoms with Crippen molar-refractivity contribution in [3.05, 3.63) is 48.0 Å². The lowest BCUT2D eigenvalue weighted by Crippen LogP contribution is -2.34. The lowest BCUT2D eigenvalue weighted by Gasteiger charge is -2.21. The molecule has 30 heavy (non-hydrogen) atoms. The van der Waals surface area contributed by atoms with Crippen molar-refractivity contribution in [3.8, 4) is 11.5 Å². The molecule has 0 unspecified atom stereocenters. The van der Waals surface area contributed by atoms with Crippen LogP contribution in [0.15, 0.2) is 36.8 Å². The first-order chi connectivity index (χ1) is 14.5. The second-order valence-corrected chi connectivity index (χ2v) is 8.19. The van der Waals surface area contributed by atoms with Gasteiger partial charge in [0.05, 0.1) is 11.7 Å². The van der Waals surface area contributed by atoms with E-state index in [1.165, 1.54) is 6.33 Å². The highest BCUT2D eigenvalue weighted by Crippen LogP contribution is 2.38. The molecular weight excluding hydrogens is 384 g/mol. The monoisotopic (exact) mass is 410 g/mol. The van der Waals surface area contributed by atoms with E-state index in [-0.39, 0.29) is 12.1 Å². The normalized spacial score (nSPS) is 28.7. The van der Waals surface area contributed by atoms with Gasteiger partial charge in [-0.05, 0) is 32.0 Å². The molecule has 2 aromatic heterocycles. The van der Waals surface area contributed by atoms with Crippen molar-refractivity contribution in [2.75, 3.05) is 6.61 Å². The molecule has 0 bridgehead atoms. The topological polar surface area (TPSA) is 102 Å². The first-order valence-corrected chi connectivity index (χ1v) is 10.3. The molecule has 3 heterocycles. The zero-order chi connectivity index (χ0) is 20.8. The summed E-state index contributed by atoms with van der Waals surface area (Å²) in [7, 11) is 0. The Morgan fingerprint density at radius 3 is 2.93 bits per heavy atom. The average Bonchev–Trinajstić information content (AvgIpc) is 3.21. The number of aryl methyl sites for hydroxylation is 1. The number of fused-ring (bicyclic) bond motifs is 2. The first-order valence-electron chi connectivity index (χ1n) is 10.3. The molecule has 3 aromatic rings. The standard InChI is InChI=1S/C22H26N4O4/c1-12-10-29-17-4-3-5-18(15(17)9-23-12)30-19-8-16(20(27)21(19)28)26-7-6-14-13(2)24-11-25-22(14)26/h3-7,11-12,16,19-21,23,27-28H,8-10H2,1-2H3/t12-,16-,19+,20+,21-/m1/s1. The highest BCUT2D eigenvalue weighted by Gasteiger charge is 2.44. The quantitative estimate of drug-likeness (QED) is 0.604. The predicted octanol–water partition coefficient (Wildman–Crippen LogP) is 1.72. The van der Waals surface area contributed by atoms with Gasteiger partial charge in [0.25, 0.3) is 0 Å². The van der Waals surface area contributed by atoms with Gasteiger partial charge in [-0.2, -0.15) is 0 Å². The fraction of sp³-hybridized carbons (Fsp3) is 0.455. The van der Waals surface area contributed by atoms with E-state index >= 15 is 0 Å². The number of nitrogens with one attached hydrogen (secondary N) is 1. The van der Waals surface area contributed by atoms with Crippen LogP contribution in [0.5, 0.6) is 11.5 Å². The van der Waals surface area contributed by atoms with Crippen LogP contribution < -0.4 is 14.8 Å². The Bertz CT molecular complexity index is 1070. The Balaban J connectivity index is 1.42. The molecule has 1 aromatic carbocycles. The highest BCUT2D eigenvalue weighted by atomic mass is 16.5. The summed E-state index contributed by atoms with van der Waals surface area (Å²) < 4.78 is 14.0. The Labute approximate surface area is 174 Å². The van der Waals surface area contributed by atoms with Crippen LogP contribution in [-0.2, 0) is 6.54 Å². The predicted molar refractivity (Wildman–Crippen MR) is 111 cm³/mol. The first kappa shape index (κ1) is 19.3. The molecule has 1 aliphatic heterocycles. The second-order valence-electron chi connectivity index (χ2n) is 8.19. The van der Waals surface area contributed by atoms with Crippen molar-refractivity contribution in [1.29, 1.82) is 0 Å². The number of hydrogen-bond donors (Lipinski definition) is 3. The number of aliphatic hydroxyl groups is 2. The van der Waals surface area contributed by atoms with Crippen molar-refractivity contribution in [2.45, 2.75) is 57.2 Å². The summed E-state index contributed by atoms with van der Waals surface area (Å²) in [4.78, 5) is 8.61. The Morgan fingerprint density at radius 2 is 2.07 bits per heavy atom. The minimum Gasteiger partial charge on any atom is -0.491 e. The van der Waals surface area contributed by atoms with Gasteiger partial charge in [-0.1, -0.05) is 6.07 Å². The van der Waals surface area contributed by atoms with Gasteiger partial charge >= 0.3 is 0 Å². The zero-order valence-electron chi connectivity index (χ0n) is 17.0. The van der Waals surface area contributed by atoms with Gasteiger partial charge in [-0.3, -0.25) is 0 Å². The van der Waals surface area contributed by atoms with Gasteiger partial charge < -0.3 is 29.6 Å². The van der Waals surface area contributed by atoms with Crippen LogP contribution in [-0.4, -0.2) is 55.7 Å². The summed E-state index contributed by atoms with van der Waals surface area (Å²) in [5.74, 6) is 1.46. The van der Waals surface area contributed by atoms with Crippen molar-refractivity contribution in [2.24, 2.45) is 0 Å². The summed E-state index contributed by atoms with van der Waals surface area (Å²) in [6.45, 7) is 5.21. The number of benzene rings is 1. The minimum absolute atomic E-state index is 0.237. The van der Waals surface area contributed by atoms with Crippen molar-refractivity contribution in [3.63, 3.8) is 0 Å². The molecule has 158 valence electrons. The molecule has 8 heteroatoms. The fourth-order valence-electron chi connectivity index (χ4n) is 4.40. The number of aliphatic hydroxyl groups excluding tert-OH is 2. The van der Waals surface area contributed by atoms with Crippen LogP contribution in [0, 0.1) is 6.92 Å². The number of nitrogens with zero attached hydrogens (tertiary/aromatic N) is 3. The summed E-state index contributed by atoms with van der Waals surface area (Å²) in [5, 5.41) is 25.9. The van der Waals surface area contributed by atoms with E-state index in [9.17, 15) is 10.2 Å². The third-order valence-electron chi connectivity index (χ3n) is 6.15. The van der Waals surface area contributed by atoms with E-state index in [0.717, 1.165) is 28.0 Å². The zero-order valence-corrected chi connectivity index (χ0v) is 17.0. The third kappa shape index (κ3) is 3.21. The van der Waals surface area contributed by atoms with Crippen LogP contribution >= 0.6 is 0 Å². The Morgan fingerprint density at radius 1 is 1.20 bits per heavy atom. The van der Waals surface area contributed by atoms with Crippen LogP contribution in [0.3, 0.4) is 0 Å². The van der Waals surface area contributed by atoms with Crippen LogP contribution in [0.25, 0.3) is 11.0 Å². The summed E-state index contributed by atoms with van der Waals surface area (Å²) in [6.07, 6.45) is 1.36. The second kappa shape index (κ2) is 7.54. The molecule has 8 nitrogen and oxygen atoms in total. The van der Waals surface area contributed by atoms with Crippen LogP contribution in [0.4, 0.5) is 0 Å². The van der Waals surface area contributed by atoms with E-state index in [0.29, 0.717) is 25.3 Å². The molecule has 3 N–H and O–H groups in total. The number of hydrogen-bond acceptors (Lipinski definition) is 7. The highest BCUT2D eigenvalue weighted by molar-refractivity contribution is 5.78. The van der Waals surface area contributed by atoms with Crippen molar-refractivity contribution in [1.82, 2.24) is 19.9 Å². The molecule has 0 amide bonds. The Hall–Kier alpha value is -2.68. The fourth-order valence-corrected chi connectivity index (χ4v) is 4.40. The van der Waals surface area contributed by atoms with Crippen molar-refractivity contribution >= 4 is 11.0 Å². The maximum atomic E-state index is 10.8. The molecule has 0 radical (unpaired) electrons. The molecule has 0 spiro atoms. The SMILES string of the molecule is Cc1ncnc2c1ccn2[C@@H]1C[C@H](Oc2cccc3c2CN[C@H](C)CO3)[C@@H](O)[C@H]1O. The lowest BCUT2D eigenvalue weighted by molar-refractivity contribution is -0.0166. The summed E-state index contributed by atoms with van der Waals surface area (Å²) in [5.41, 5.74) is 2.56. The van der Waals surface area contributed by atoms with E-state index in [2.05, 4.69) is 22.2 Å². The van der Waals surface area contributed by atoms with E-state index in [1.54, 1.807) is 0 Å². The minimum atomic E-state index is -1.01. The van der Waals surface area contributed by atoms with E-state index < -0.39 is 18.3 Å². The summed E-state index contributed by atoms with van der Waals surface area (Å²) in [6, 6.07) is 7.54. The molecule has 0 saturated heterocycles. The van der Waals surface area contributed by atoms with Crippen molar-refractivity contribution < 1.29 is 19.7 Å². The number of rotatable bonds is 3. The smallest absolute Gasteiger partial charge is 0.143 e. The largest absolute Gasteiger partial charge is 0.491 e. The van der Waals surface area contributed by atoms with E-state index in [1.807, 2.05) is 42.0 Å². The van der Waals surface area contributed by atoms with Gasteiger partial charge in [0.2, 0.25) is 0 Å². The maximum Gasteiger partial charge on any atom is 0.143 e. The molecule has 5 rings (SSSR count). The van der Waals surface area contributed by atoms with Gasteiger partial charge in [0.1, 0.15) is 48.4 Å². The van der Waals surface area contributed by atoms with Crippen LogP contribution in [0.1, 0.15) is 30.6 Å². The molecule has 1 fully saturated rings. The van der Waals surface area contributed by atoms with E-state index in [4.69, 9.17) is 9.47 Å². The Kier molecular flexibility index (Phi) is 4.85. The summed E-state index contributed by atoms with van der Waals surface area (Å²) >= 11 is 0. The van der Waals surface area contributed by atoms with Gasteiger partial charge in [-0.25, -0.2) is 9.97 Å². The number of ether oxygens (including phenoxy) is 2. The maximum absolute atomic E-state index is 10.8. The molecule has 1 saturated carbocycles.